The van der Waals surface area contributed by atoms with Gasteiger partial charge >= 0.3 is 6.18 Å². The van der Waals surface area contributed by atoms with E-state index in [0.29, 0.717) is 6.42 Å². The molecular formula is C20H16F3IN4O. The molecule has 150 valence electrons. The molecule has 1 aliphatic heterocycles. The number of aromatic nitrogens is 3. The average molecular weight is 512 g/mol. The number of alkyl halides is 3. The van der Waals surface area contributed by atoms with E-state index in [1.807, 2.05) is 41.0 Å². The minimum absolute atomic E-state index is 0.101. The Bertz CT molecular complexity index is 1100. The Morgan fingerprint density at radius 2 is 2.00 bits per heavy atom. The summed E-state index contributed by atoms with van der Waals surface area (Å²) in [5, 5.41) is 2.68. The molecule has 5 nitrogen and oxygen atoms in total. The standard InChI is InChI=1S/C20H16F3IN4O/c21-20(22,23)17-11-14(7-8-24-17)27-18(29)10-13-3-5-15(6-4-13)28-12-26-16-2-1-9-25-19(16)28/h1-6,8-9,11-12,14H,7,10H2,(H,27,29). The molecule has 3 heterocycles. The molecular weight excluding hydrogens is 496 g/mol. The molecule has 0 fully saturated rings. The number of hydrogen-bond acceptors (Lipinski definition) is 3. The van der Waals surface area contributed by atoms with Crippen molar-refractivity contribution in [1.29, 1.82) is 0 Å². The van der Waals surface area contributed by atoms with Gasteiger partial charge in [0.05, 0.1) is 16.0 Å². The van der Waals surface area contributed by atoms with Crippen molar-refractivity contribution in [2.45, 2.75) is 25.1 Å². The quantitative estimate of drug-likeness (QED) is 0.537. The van der Waals surface area contributed by atoms with Gasteiger partial charge in [-0.2, -0.15) is 13.2 Å². The molecule has 0 saturated carbocycles. The zero-order valence-corrected chi connectivity index (χ0v) is 17.2. The molecule has 1 amide bonds. The largest absolute Gasteiger partial charge is 0.421 e. The van der Waals surface area contributed by atoms with Crippen molar-refractivity contribution in [1.82, 2.24) is 19.9 Å². The van der Waals surface area contributed by atoms with Crippen molar-refractivity contribution in [3.05, 3.63) is 64.1 Å². The minimum Gasteiger partial charge on any atom is -0.349 e. The van der Waals surface area contributed by atoms with Crippen molar-refractivity contribution in [3.63, 3.8) is 0 Å². The second-order valence-electron chi connectivity index (χ2n) is 6.49. The SMILES string of the molecule is O=C(Cc1ccc(-n2cnc3cccnc32)cc1)NC1C=C(C(F)(F)F)I=CC1. The smallest absolute Gasteiger partial charge is 0.349 e. The maximum absolute atomic E-state index is 12.9. The molecule has 1 aromatic carbocycles. The van der Waals surface area contributed by atoms with Gasteiger partial charge < -0.3 is 5.32 Å². The predicted molar refractivity (Wildman–Crippen MR) is 113 cm³/mol. The summed E-state index contributed by atoms with van der Waals surface area (Å²) in [5.41, 5.74) is 3.16. The number of pyridine rings is 1. The van der Waals surface area contributed by atoms with Gasteiger partial charge in [-0.1, -0.05) is 32.9 Å². The van der Waals surface area contributed by atoms with Crippen LogP contribution in [0.5, 0.6) is 0 Å². The summed E-state index contributed by atoms with van der Waals surface area (Å²) in [4.78, 5) is 20.9. The van der Waals surface area contributed by atoms with Crippen molar-refractivity contribution in [2.24, 2.45) is 0 Å². The van der Waals surface area contributed by atoms with Crippen LogP contribution >= 0.6 is 20.7 Å². The third-order valence-electron chi connectivity index (χ3n) is 4.39. The maximum atomic E-state index is 12.9. The van der Waals surface area contributed by atoms with Gasteiger partial charge in [-0.25, -0.2) is 9.97 Å². The fraction of sp³-hybridized carbons (Fsp3) is 0.200. The number of carbonyl (C=O) groups excluding carboxylic acids is 1. The van der Waals surface area contributed by atoms with Crippen LogP contribution in [0.2, 0.25) is 0 Å². The van der Waals surface area contributed by atoms with Crippen LogP contribution in [0.1, 0.15) is 12.0 Å². The summed E-state index contributed by atoms with van der Waals surface area (Å²) >= 11 is -1.13. The molecule has 0 spiro atoms. The van der Waals surface area contributed by atoms with Crippen molar-refractivity contribution < 1.29 is 18.0 Å². The van der Waals surface area contributed by atoms with Crippen LogP contribution in [0.25, 0.3) is 16.9 Å². The first kappa shape index (κ1) is 19.7. The van der Waals surface area contributed by atoms with Crippen LogP contribution in [0, 0.1) is 0 Å². The van der Waals surface area contributed by atoms with Gasteiger partial charge in [0.1, 0.15) is 11.8 Å². The summed E-state index contributed by atoms with van der Waals surface area (Å²) in [6, 6.07) is 10.5. The number of allylic oxidation sites excluding steroid dienone is 1. The normalized spacial score (nSPS) is 16.9. The van der Waals surface area contributed by atoms with E-state index in [2.05, 4.69) is 15.3 Å². The molecule has 2 aromatic heterocycles. The molecule has 0 bridgehead atoms. The van der Waals surface area contributed by atoms with Gasteiger partial charge in [-0.15, -0.1) is 0 Å². The first-order chi connectivity index (χ1) is 13.9. The highest BCUT2D eigenvalue weighted by Crippen LogP contribution is 2.36. The number of imidazole rings is 1. The number of nitrogens with one attached hydrogen (secondary N) is 1. The lowest BCUT2D eigenvalue weighted by Gasteiger charge is -2.19. The van der Waals surface area contributed by atoms with Gasteiger partial charge in [0, 0.05) is 11.9 Å². The summed E-state index contributed by atoms with van der Waals surface area (Å²) in [5.74, 6) is -0.302. The molecule has 29 heavy (non-hydrogen) atoms. The zero-order valence-electron chi connectivity index (χ0n) is 15.0. The maximum Gasteiger partial charge on any atom is 0.421 e. The van der Waals surface area contributed by atoms with Crippen LogP contribution in [0.3, 0.4) is 0 Å². The molecule has 1 N–H and O–H groups in total. The third kappa shape index (κ3) is 4.55. The molecule has 1 unspecified atom stereocenters. The monoisotopic (exact) mass is 512 g/mol. The topological polar surface area (TPSA) is 59.8 Å². The first-order valence-electron chi connectivity index (χ1n) is 8.81. The van der Waals surface area contributed by atoms with Gasteiger partial charge in [0.25, 0.3) is 0 Å². The van der Waals surface area contributed by atoms with E-state index in [9.17, 15) is 18.0 Å². The summed E-state index contributed by atoms with van der Waals surface area (Å²) in [7, 11) is 0. The Morgan fingerprint density at radius 1 is 1.21 bits per heavy atom. The highest BCUT2D eigenvalue weighted by molar-refractivity contribution is 14.2. The molecule has 0 aliphatic carbocycles. The number of hydrogen-bond donors (Lipinski definition) is 1. The van der Waals surface area contributed by atoms with Crippen molar-refractivity contribution >= 4 is 41.8 Å². The Kier molecular flexibility index (Phi) is 5.48. The second kappa shape index (κ2) is 8.05. The number of rotatable bonds is 4. The Balaban J connectivity index is 1.42. The van der Waals surface area contributed by atoms with E-state index < -0.39 is 36.5 Å². The number of halogens is 4. The summed E-state index contributed by atoms with van der Waals surface area (Å²) in [6.45, 7) is 0. The number of fused-ring (bicyclic) bond motifs is 1. The summed E-state index contributed by atoms with van der Waals surface area (Å²) < 4.78 is 41.6. The molecule has 3 aromatic rings. The Hall–Kier alpha value is -2.56. The number of carbonyl (C=O) groups is 1. The third-order valence-corrected chi connectivity index (χ3v) is 6.98. The highest BCUT2D eigenvalue weighted by atomic mass is 127. The van der Waals surface area contributed by atoms with E-state index in [4.69, 9.17) is 0 Å². The van der Waals surface area contributed by atoms with E-state index in [-0.39, 0.29) is 12.3 Å². The lowest BCUT2D eigenvalue weighted by atomic mass is 10.1. The number of amides is 1. The van der Waals surface area contributed by atoms with E-state index in [1.54, 1.807) is 16.5 Å². The summed E-state index contributed by atoms with van der Waals surface area (Å²) in [6.07, 6.45) is 0.775. The van der Waals surface area contributed by atoms with Crippen LogP contribution in [-0.2, 0) is 11.2 Å². The van der Waals surface area contributed by atoms with E-state index in [1.165, 1.54) is 0 Å². The number of nitrogens with zero attached hydrogens (tertiary/aromatic N) is 3. The predicted octanol–water partition coefficient (Wildman–Crippen LogP) is 4.07. The van der Waals surface area contributed by atoms with E-state index in [0.717, 1.165) is 28.5 Å². The first-order valence-corrected chi connectivity index (χ1v) is 11.1. The molecule has 0 radical (unpaired) electrons. The van der Waals surface area contributed by atoms with Crippen LogP contribution in [0.4, 0.5) is 13.2 Å². The molecule has 1 atom stereocenters. The van der Waals surface area contributed by atoms with Gasteiger partial charge in [-0.05, 0) is 46.3 Å². The lowest BCUT2D eigenvalue weighted by Crippen LogP contribution is -2.36. The van der Waals surface area contributed by atoms with E-state index >= 15 is 0 Å². The fourth-order valence-corrected chi connectivity index (χ4v) is 5.29. The molecule has 0 saturated heterocycles. The fourth-order valence-electron chi connectivity index (χ4n) is 3.02. The second-order valence-corrected chi connectivity index (χ2v) is 9.16. The highest BCUT2D eigenvalue weighted by Gasteiger charge is 2.34. The lowest BCUT2D eigenvalue weighted by molar-refractivity contribution is -0.120. The Labute approximate surface area is 174 Å². The zero-order chi connectivity index (χ0) is 20.4. The molecule has 4 rings (SSSR count). The van der Waals surface area contributed by atoms with Gasteiger partial charge in [0.2, 0.25) is 5.91 Å². The van der Waals surface area contributed by atoms with Gasteiger partial charge in [-0.3, -0.25) is 9.36 Å². The number of benzene rings is 1. The van der Waals surface area contributed by atoms with Crippen molar-refractivity contribution in [3.8, 4) is 5.69 Å². The molecule has 9 heteroatoms. The van der Waals surface area contributed by atoms with Crippen LogP contribution in [-0.4, -0.2) is 36.7 Å². The average Bonchev–Trinajstić information content (AvgIpc) is 3.12. The van der Waals surface area contributed by atoms with Crippen LogP contribution < -0.4 is 5.32 Å². The Morgan fingerprint density at radius 3 is 2.76 bits per heavy atom. The van der Waals surface area contributed by atoms with Crippen LogP contribution in [0.15, 0.2) is 58.6 Å². The molecule has 1 aliphatic rings. The van der Waals surface area contributed by atoms with Gasteiger partial charge in [0.15, 0.2) is 5.65 Å². The van der Waals surface area contributed by atoms with Crippen molar-refractivity contribution in [2.75, 3.05) is 0 Å². The minimum atomic E-state index is -4.31.